The van der Waals surface area contributed by atoms with Crippen LogP contribution in [0, 0.1) is 24.4 Å². The number of carbonyl (C=O) groups is 3. The van der Waals surface area contributed by atoms with Gasteiger partial charge in [0.05, 0.1) is 23.6 Å². The number of imidazole rings is 1. The highest BCUT2D eigenvalue weighted by atomic mass is 19.1. The van der Waals surface area contributed by atoms with Gasteiger partial charge in [-0.25, -0.2) is 33.1 Å². The molecule has 312 valence electrons. The minimum atomic E-state index is -0.733. The molecule has 0 bridgehead atoms. The number of nitrogens with zero attached hydrogens (tertiary/aromatic N) is 9. The van der Waals surface area contributed by atoms with E-state index in [4.69, 9.17) is 0 Å². The summed E-state index contributed by atoms with van der Waals surface area (Å²) < 4.78 is 47.5. The zero-order valence-corrected chi connectivity index (χ0v) is 33.7. The third-order valence-corrected chi connectivity index (χ3v) is 12.3. The number of anilines is 3. The van der Waals surface area contributed by atoms with Crippen molar-refractivity contribution in [3.8, 4) is 11.3 Å². The van der Waals surface area contributed by atoms with E-state index < -0.39 is 29.4 Å². The van der Waals surface area contributed by atoms with Crippen molar-refractivity contribution in [1.82, 2.24) is 44.5 Å². The van der Waals surface area contributed by atoms with Crippen LogP contribution in [0.4, 0.5) is 30.6 Å². The SMILES string of the molecule is Cc1nc2c(F)cc(-c3nc(Nc4ccc(N5CCC(N6CCN(Cc7cc8c(cc7F)C(=O)N(C7CCC(=O)NC7=O)C8)CC6)CC5)cn4)ncc3F)cc2n1C(C)C. The number of aromatic nitrogens is 5. The summed E-state index contributed by atoms with van der Waals surface area (Å²) in [4.78, 5) is 63.1. The van der Waals surface area contributed by atoms with Crippen molar-refractivity contribution < 1.29 is 27.6 Å². The Morgan fingerprint density at radius 3 is 2.37 bits per heavy atom. The second kappa shape index (κ2) is 15.9. The van der Waals surface area contributed by atoms with E-state index in [-0.39, 0.29) is 65.5 Å². The van der Waals surface area contributed by atoms with Gasteiger partial charge in [-0.05, 0) is 82.0 Å². The first kappa shape index (κ1) is 39.5. The fraction of sp³-hybridized carbons (Fsp3) is 0.419. The van der Waals surface area contributed by atoms with Gasteiger partial charge in [-0.3, -0.25) is 29.5 Å². The lowest BCUT2D eigenvalue weighted by Crippen LogP contribution is -2.53. The molecular weight excluding hydrogens is 776 g/mol. The normalized spacial score (nSPS) is 19.4. The predicted molar refractivity (Wildman–Crippen MR) is 218 cm³/mol. The number of nitrogens with one attached hydrogen (secondary N) is 2. The molecule has 3 saturated heterocycles. The number of halogens is 3. The number of pyridine rings is 1. The lowest BCUT2D eigenvalue weighted by atomic mass is 10.0. The van der Waals surface area contributed by atoms with Crippen LogP contribution in [-0.2, 0) is 22.7 Å². The number of rotatable bonds is 9. The van der Waals surface area contributed by atoms with Crippen LogP contribution in [-0.4, -0.2) is 108 Å². The summed E-state index contributed by atoms with van der Waals surface area (Å²) in [6, 6.07) is 9.57. The van der Waals surface area contributed by atoms with Crippen molar-refractivity contribution in [2.75, 3.05) is 49.5 Å². The average Bonchev–Trinajstić information content (AvgIpc) is 3.74. The van der Waals surface area contributed by atoms with Gasteiger partial charge in [0.1, 0.15) is 34.7 Å². The van der Waals surface area contributed by atoms with E-state index in [0.717, 1.165) is 64.0 Å². The smallest absolute Gasteiger partial charge is 0.255 e. The Morgan fingerprint density at radius 2 is 1.65 bits per heavy atom. The maximum Gasteiger partial charge on any atom is 0.255 e. The number of piperazine rings is 1. The van der Waals surface area contributed by atoms with E-state index in [1.807, 2.05) is 37.5 Å². The Labute approximate surface area is 344 Å². The van der Waals surface area contributed by atoms with Gasteiger partial charge in [0, 0.05) is 87.6 Å². The third kappa shape index (κ3) is 7.55. The van der Waals surface area contributed by atoms with E-state index in [2.05, 4.69) is 45.3 Å². The molecule has 14 nitrogen and oxygen atoms in total. The molecule has 0 radical (unpaired) electrons. The second-order valence-electron chi connectivity index (χ2n) is 16.4. The van der Waals surface area contributed by atoms with Gasteiger partial charge in [0.2, 0.25) is 17.8 Å². The standard InChI is InChI=1S/C43H46F3N11O3/c1-24(2)57-25(3)49-40-33(45)17-26(18-36(40)57)39-34(46)21-48-43(52-39)50-37-6-4-30(20-47-37)54-10-8-29(9-11-54)55-14-12-53(13-15-55)22-28-16-27-23-56(42(60)31(27)19-32(28)44)35-5-7-38(58)51-41(35)59/h4,6,16-21,24,29,35H,5,7-15,22-23H2,1-3H3,(H,51,58,59)(H,47,48,50,52). The van der Waals surface area contributed by atoms with Gasteiger partial charge in [-0.2, -0.15) is 0 Å². The molecule has 3 fully saturated rings. The number of piperidine rings is 2. The lowest BCUT2D eigenvalue weighted by molar-refractivity contribution is -0.136. The van der Waals surface area contributed by atoms with Crippen LogP contribution in [0.1, 0.15) is 72.9 Å². The second-order valence-corrected chi connectivity index (χ2v) is 16.4. The highest BCUT2D eigenvalue weighted by molar-refractivity contribution is 6.05. The summed E-state index contributed by atoms with van der Waals surface area (Å²) >= 11 is 0. The number of hydrogen-bond acceptors (Lipinski definition) is 11. The van der Waals surface area contributed by atoms with E-state index in [1.54, 1.807) is 18.3 Å². The maximum absolute atomic E-state index is 15.3. The molecule has 0 spiro atoms. The Hall–Kier alpha value is -5.94. The molecule has 60 heavy (non-hydrogen) atoms. The molecular formula is C43H46F3N11O3. The van der Waals surface area contributed by atoms with E-state index >= 15 is 13.2 Å². The van der Waals surface area contributed by atoms with Crippen LogP contribution >= 0.6 is 0 Å². The molecule has 2 aromatic carbocycles. The van der Waals surface area contributed by atoms with Gasteiger partial charge < -0.3 is 19.7 Å². The van der Waals surface area contributed by atoms with Gasteiger partial charge >= 0.3 is 0 Å². The van der Waals surface area contributed by atoms with Crippen molar-refractivity contribution in [2.24, 2.45) is 0 Å². The minimum Gasteiger partial charge on any atom is -0.370 e. The van der Waals surface area contributed by atoms with Crippen LogP contribution in [0.25, 0.3) is 22.3 Å². The molecule has 9 rings (SSSR count). The summed E-state index contributed by atoms with van der Waals surface area (Å²) in [5, 5.41) is 5.36. The average molecular weight is 822 g/mol. The number of aryl methyl sites for hydroxylation is 1. The Balaban J connectivity index is 0.768. The van der Waals surface area contributed by atoms with Crippen molar-refractivity contribution in [1.29, 1.82) is 0 Å². The number of imide groups is 1. The third-order valence-electron chi connectivity index (χ3n) is 12.3. The fourth-order valence-electron chi connectivity index (χ4n) is 9.23. The monoisotopic (exact) mass is 821 g/mol. The number of hydrogen-bond donors (Lipinski definition) is 2. The van der Waals surface area contributed by atoms with Crippen LogP contribution in [0.15, 0.2) is 48.8 Å². The molecule has 4 aliphatic rings. The van der Waals surface area contributed by atoms with Gasteiger partial charge in [0.15, 0.2) is 11.6 Å². The first-order valence-corrected chi connectivity index (χ1v) is 20.5. The van der Waals surface area contributed by atoms with Gasteiger partial charge in [0.25, 0.3) is 5.91 Å². The highest BCUT2D eigenvalue weighted by Crippen LogP contribution is 2.33. The Morgan fingerprint density at radius 1 is 0.867 bits per heavy atom. The van der Waals surface area contributed by atoms with Crippen LogP contribution in [0.3, 0.4) is 0 Å². The van der Waals surface area contributed by atoms with Crippen molar-refractivity contribution in [3.05, 3.63) is 88.8 Å². The van der Waals surface area contributed by atoms with Crippen molar-refractivity contribution in [2.45, 2.75) is 77.7 Å². The summed E-state index contributed by atoms with van der Waals surface area (Å²) in [7, 11) is 0. The molecule has 7 heterocycles. The summed E-state index contributed by atoms with van der Waals surface area (Å²) in [6.45, 7) is 11.5. The molecule has 1 unspecified atom stereocenters. The van der Waals surface area contributed by atoms with Crippen LogP contribution < -0.4 is 15.5 Å². The summed E-state index contributed by atoms with van der Waals surface area (Å²) in [5.74, 6) is -1.56. The summed E-state index contributed by atoms with van der Waals surface area (Å²) in [5.41, 5.74) is 3.57. The van der Waals surface area contributed by atoms with E-state index in [0.29, 0.717) is 40.9 Å². The molecule has 0 aliphatic carbocycles. The zero-order valence-electron chi connectivity index (χ0n) is 33.7. The van der Waals surface area contributed by atoms with Crippen LogP contribution in [0.2, 0.25) is 0 Å². The molecule has 2 N–H and O–H groups in total. The number of carbonyl (C=O) groups excluding carboxylic acids is 3. The quantitative estimate of drug-likeness (QED) is 0.182. The molecule has 4 aliphatic heterocycles. The van der Waals surface area contributed by atoms with Crippen molar-refractivity contribution in [3.63, 3.8) is 0 Å². The molecule has 1 atom stereocenters. The Bertz CT molecular complexity index is 2500. The first-order chi connectivity index (χ1) is 28.9. The number of amides is 3. The Kier molecular flexibility index (Phi) is 10.5. The highest BCUT2D eigenvalue weighted by Gasteiger charge is 2.40. The molecule has 3 aromatic heterocycles. The lowest BCUT2D eigenvalue weighted by Gasteiger charge is -2.43. The molecule has 5 aromatic rings. The first-order valence-electron chi connectivity index (χ1n) is 20.5. The molecule has 17 heteroatoms. The summed E-state index contributed by atoms with van der Waals surface area (Å²) in [6.07, 6.45) is 5.28. The topological polar surface area (TPSA) is 145 Å². The van der Waals surface area contributed by atoms with E-state index in [1.165, 1.54) is 17.0 Å². The predicted octanol–water partition coefficient (Wildman–Crippen LogP) is 5.49. The fourth-order valence-corrected chi connectivity index (χ4v) is 9.23. The largest absolute Gasteiger partial charge is 0.370 e. The number of benzene rings is 2. The number of fused-ring (bicyclic) bond motifs is 2. The van der Waals surface area contributed by atoms with Gasteiger partial charge in [-0.15, -0.1) is 0 Å². The maximum atomic E-state index is 15.3. The van der Waals surface area contributed by atoms with Crippen molar-refractivity contribution >= 4 is 46.2 Å². The molecule has 0 saturated carbocycles. The minimum absolute atomic E-state index is 0.0309. The zero-order chi connectivity index (χ0) is 41.8. The van der Waals surface area contributed by atoms with Crippen LogP contribution in [0.5, 0.6) is 0 Å². The van der Waals surface area contributed by atoms with E-state index in [9.17, 15) is 14.4 Å². The van der Waals surface area contributed by atoms with Gasteiger partial charge in [-0.1, -0.05) is 0 Å². The molecule has 3 amide bonds.